The van der Waals surface area contributed by atoms with Crippen LogP contribution in [-0.4, -0.2) is 18.1 Å². The Morgan fingerprint density at radius 1 is 1.00 bits per heavy atom. The summed E-state index contributed by atoms with van der Waals surface area (Å²) in [4.78, 5) is 1.80. The van der Waals surface area contributed by atoms with Crippen molar-refractivity contribution in [2.24, 2.45) is 5.73 Å². The van der Waals surface area contributed by atoms with Crippen molar-refractivity contribution in [3.8, 4) is 0 Å². The summed E-state index contributed by atoms with van der Waals surface area (Å²) in [6, 6.07) is 1.73. The molecule has 0 aliphatic carbocycles. The molecule has 104 valence electrons. The van der Waals surface area contributed by atoms with E-state index in [0.29, 0.717) is 0 Å². The van der Waals surface area contributed by atoms with E-state index in [0.717, 1.165) is 44.2 Å². The molecular weight excluding hydrogens is 253 g/mol. The Kier molecular flexibility index (Phi) is 3.17. The molecule has 5 heteroatoms. The molecule has 1 aromatic rings. The topological polar surface area (TPSA) is 29.3 Å². The molecule has 1 aromatic carbocycles. The largest absolute Gasteiger partial charge is 0.361 e. The van der Waals surface area contributed by atoms with Crippen molar-refractivity contribution in [3.05, 3.63) is 29.6 Å². The second-order valence-corrected chi connectivity index (χ2v) is 5.60. The van der Waals surface area contributed by atoms with Gasteiger partial charge in [0.25, 0.3) is 0 Å². The van der Waals surface area contributed by atoms with Crippen molar-refractivity contribution in [3.63, 3.8) is 0 Å². The molecule has 2 bridgehead atoms. The Bertz CT molecular complexity index is 455. The summed E-state index contributed by atoms with van der Waals surface area (Å²) in [5.41, 5.74) is 5.91. The zero-order chi connectivity index (χ0) is 13.6. The zero-order valence-electron chi connectivity index (χ0n) is 10.6. The van der Waals surface area contributed by atoms with Crippen LogP contribution in [0.15, 0.2) is 12.1 Å². The van der Waals surface area contributed by atoms with Gasteiger partial charge in [-0.05, 0) is 32.1 Å². The van der Waals surface area contributed by atoms with Crippen LogP contribution in [0.3, 0.4) is 0 Å². The van der Waals surface area contributed by atoms with Crippen LogP contribution in [0, 0.1) is 17.5 Å². The molecule has 0 spiro atoms. The monoisotopic (exact) mass is 270 g/mol. The summed E-state index contributed by atoms with van der Waals surface area (Å²) in [6.07, 6.45) is 4.32. The molecule has 2 heterocycles. The summed E-state index contributed by atoms with van der Waals surface area (Å²) in [7, 11) is 0. The van der Waals surface area contributed by atoms with E-state index in [1.54, 1.807) is 4.90 Å². The number of hydrogen-bond acceptors (Lipinski definition) is 2. The van der Waals surface area contributed by atoms with E-state index in [9.17, 15) is 13.2 Å². The van der Waals surface area contributed by atoms with Gasteiger partial charge in [0, 0.05) is 30.3 Å². The van der Waals surface area contributed by atoms with Gasteiger partial charge < -0.3 is 10.6 Å². The second kappa shape index (κ2) is 4.71. The molecule has 2 nitrogen and oxygen atoms in total. The fourth-order valence-corrected chi connectivity index (χ4v) is 3.57. The molecule has 0 aromatic heterocycles. The normalized spacial score (nSPS) is 30.5. The first kappa shape index (κ1) is 12.8. The van der Waals surface area contributed by atoms with Crippen molar-refractivity contribution in [1.29, 1.82) is 0 Å². The maximum absolute atomic E-state index is 13.9. The highest BCUT2D eigenvalue weighted by atomic mass is 19.1. The quantitative estimate of drug-likeness (QED) is 0.850. The van der Waals surface area contributed by atoms with E-state index >= 15 is 0 Å². The van der Waals surface area contributed by atoms with Gasteiger partial charge in [-0.1, -0.05) is 0 Å². The van der Waals surface area contributed by atoms with Crippen LogP contribution < -0.4 is 10.6 Å². The Hall–Kier alpha value is -1.23. The minimum Gasteiger partial charge on any atom is -0.361 e. The lowest BCUT2D eigenvalue weighted by Gasteiger charge is -2.49. The van der Waals surface area contributed by atoms with Crippen LogP contribution in [0.4, 0.5) is 18.9 Å². The zero-order valence-corrected chi connectivity index (χ0v) is 10.6. The van der Waals surface area contributed by atoms with Gasteiger partial charge in [0.2, 0.25) is 0 Å². The molecule has 2 saturated heterocycles. The van der Waals surface area contributed by atoms with Gasteiger partial charge in [0.05, 0.1) is 0 Å². The van der Waals surface area contributed by atoms with E-state index < -0.39 is 17.5 Å². The van der Waals surface area contributed by atoms with Gasteiger partial charge in [-0.15, -0.1) is 0 Å². The van der Waals surface area contributed by atoms with Crippen molar-refractivity contribution < 1.29 is 13.2 Å². The highest BCUT2D eigenvalue weighted by Gasteiger charge is 2.39. The Morgan fingerprint density at radius 3 is 2.05 bits per heavy atom. The highest BCUT2D eigenvalue weighted by Crippen LogP contribution is 2.39. The van der Waals surface area contributed by atoms with Gasteiger partial charge in [-0.2, -0.15) is 0 Å². The average molecular weight is 270 g/mol. The molecule has 2 aliphatic rings. The van der Waals surface area contributed by atoms with E-state index in [1.807, 2.05) is 0 Å². The van der Waals surface area contributed by atoms with Crippen LogP contribution in [0.25, 0.3) is 0 Å². The maximum atomic E-state index is 13.9. The van der Waals surface area contributed by atoms with E-state index in [-0.39, 0.29) is 23.8 Å². The van der Waals surface area contributed by atoms with E-state index in [1.165, 1.54) is 0 Å². The van der Waals surface area contributed by atoms with Crippen LogP contribution in [0.2, 0.25) is 0 Å². The molecule has 3 rings (SSSR count). The molecule has 2 aliphatic heterocycles. The van der Waals surface area contributed by atoms with Gasteiger partial charge in [-0.3, -0.25) is 0 Å². The van der Waals surface area contributed by atoms with E-state index in [4.69, 9.17) is 5.73 Å². The molecule has 2 atom stereocenters. The number of hydrogen-bond donors (Lipinski definition) is 1. The predicted octanol–water partition coefficient (Wildman–Crippen LogP) is 2.95. The van der Waals surface area contributed by atoms with Gasteiger partial charge in [0.15, 0.2) is 11.6 Å². The standard InChI is InChI=1S/C14H17F3N2/c15-8-4-12(16)14(13(17)5-8)19-10-2-1-3-11(19)7-9(18)6-10/h4-5,9-11H,1-3,6-7,18H2. The third kappa shape index (κ3) is 2.20. The Morgan fingerprint density at radius 2 is 1.53 bits per heavy atom. The molecule has 2 N–H and O–H groups in total. The fraction of sp³-hybridized carbons (Fsp3) is 0.571. The SMILES string of the molecule is NC1CC2CCCC(C1)N2c1c(F)cc(F)cc1F. The molecule has 2 fully saturated rings. The van der Waals surface area contributed by atoms with Crippen LogP contribution in [0.5, 0.6) is 0 Å². The van der Waals surface area contributed by atoms with Crippen LogP contribution in [0.1, 0.15) is 32.1 Å². The van der Waals surface area contributed by atoms with Gasteiger partial charge in [0.1, 0.15) is 11.5 Å². The number of anilines is 1. The average Bonchev–Trinajstić information content (AvgIpc) is 2.28. The first-order valence-electron chi connectivity index (χ1n) is 6.74. The predicted molar refractivity (Wildman–Crippen MR) is 67.4 cm³/mol. The number of nitrogens with two attached hydrogens (primary N) is 1. The fourth-order valence-electron chi connectivity index (χ4n) is 3.57. The summed E-state index contributed by atoms with van der Waals surface area (Å²) in [6.45, 7) is 0. The summed E-state index contributed by atoms with van der Waals surface area (Å²) in [5, 5.41) is 0. The van der Waals surface area contributed by atoms with Crippen molar-refractivity contribution >= 4 is 5.69 Å². The lowest BCUT2D eigenvalue weighted by Crippen LogP contribution is -2.56. The minimum absolute atomic E-state index is 0.0666. The summed E-state index contributed by atoms with van der Waals surface area (Å²) in [5.74, 6) is -2.51. The van der Waals surface area contributed by atoms with Gasteiger partial charge >= 0.3 is 0 Å². The third-order valence-corrected chi connectivity index (χ3v) is 4.25. The number of piperidine rings is 2. The number of fused-ring (bicyclic) bond motifs is 2. The molecule has 2 unspecified atom stereocenters. The number of nitrogens with zero attached hydrogens (tertiary/aromatic N) is 1. The summed E-state index contributed by atoms with van der Waals surface area (Å²) < 4.78 is 40.9. The lowest BCUT2D eigenvalue weighted by atomic mass is 9.81. The second-order valence-electron chi connectivity index (χ2n) is 5.60. The third-order valence-electron chi connectivity index (χ3n) is 4.25. The molecule has 0 saturated carbocycles. The van der Waals surface area contributed by atoms with Gasteiger partial charge in [-0.25, -0.2) is 13.2 Å². The first-order valence-corrected chi connectivity index (χ1v) is 6.74. The molecule has 0 amide bonds. The van der Waals surface area contributed by atoms with Crippen molar-refractivity contribution in [2.75, 3.05) is 4.90 Å². The van der Waals surface area contributed by atoms with E-state index in [2.05, 4.69) is 0 Å². The van der Waals surface area contributed by atoms with Crippen molar-refractivity contribution in [1.82, 2.24) is 0 Å². The molecule has 19 heavy (non-hydrogen) atoms. The number of halogens is 3. The first-order chi connectivity index (χ1) is 9.06. The number of rotatable bonds is 1. The maximum Gasteiger partial charge on any atom is 0.152 e. The van der Waals surface area contributed by atoms with Crippen LogP contribution >= 0.6 is 0 Å². The smallest absolute Gasteiger partial charge is 0.152 e. The minimum atomic E-state index is -0.877. The number of benzene rings is 1. The Labute approximate surface area is 110 Å². The Balaban J connectivity index is 2.02. The van der Waals surface area contributed by atoms with Crippen molar-refractivity contribution in [2.45, 2.75) is 50.2 Å². The summed E-state index contributed by atoms with van der Waals surface area (Å²) >= 11 is 0. The highest BCUT2D eigenvalue weighted by molar-refractivity contribution is 5.52. The molecular formula is C14H17F3N2. The van der Waals surface area contributed by atoms with Crippen LogP contribution in [-0.2, 0) is 0 Å². The molecule has 0 radical (unpaired) electrons. The lowest BCUT2D eigenvalue weighted by molar-refractivity contribution is 0.266.